The zero-order valence-corrected chi connectivity index (χ0v) is 17.9. The topological polar surface area (TPSA) is 72.9 Å². The number of nitrogens with two attached hydrogens (primary N) is 1. The molecule has 0 fully saturated rings. The highest BCUT2D eigenvalue weighted by molar-refractivity contribution is 7.14. The molecule has 0 saturated carbocycles. The number of halogens is 3. The molecule has 1 atom stereocenters. The summed E-state index contributed by atoms with van der Waals surface area (Å²) in [7, 11) is 0. The maximum absolute atomic E-state index is 14.7. The van der Waals surface area contributed by atoms with E-state index in [0.717, 1.165) is 22.5 Å². The van der Waals surface area contributed by atoms with E-state index < -0.39 is 18.3 Å². The molecule has 1 unspecified atom stereocenters. The normalized spacial score (nSPS) is 15.8. The minimum absolute atomic E-state index is 0.0592. The van der Waals surface area contributed by atoms with E-state index in [0.29, 0.717) is 12.1 Å². The monoisotopic (exact) mass is 450 g/mol. The molecule has 2 aromatic heterocycles. The molecule has 158 valence electrons. The molecule has 3 N–H and O–H groups in total. The number of aryl methyl sites for hydroxylation is 2. The maximum Gasteiger partial charge on any atom is 0.284 e. The van der Waals surface area contributed by atoms with Crippen molar-refractivity contribution in [3.63, 3.8) is 0 Å². The van der Waals surface area contributed by atoms with Crippen molar-refractivity contribution in [2.45, 2.75) is 38.3 Å². The molecule has 5 nitrogen and oxygen atoms in total. The third kappa shape index (κ3) is 3.99. The first-order valence-corrected chi connectivity index (χ1v) is 10.8. The van der Waals surface area contributed by atoms with Gasteiger partial charge in [0.15, 0.2) is 0 Å². The van der Waals surface area contributed by atoms with Crippen LogP contribution in [0, 0.1) is 6.92 Å². The van der Waals surface area contributed by atoms with Gasteiger partial charge in [-0.15, -0.1) is 11.3 Å². The number of hydrogen-bond donors (Lipinski definition) is 2. The second-order valence-corrected chi connectivity index (χ2v) is 8.93. The van der Waals surface area contributed by atoms with Gasteiger partial charge in [-0.05, 0) is 25.0 Å². The first-order valence-electron chi connectivity index (χ1n) is 9.59. The Bertz CT molecular complexity index is 1090. The van der Waals surface area contributed by atoms with Gasteiger partial charge in [0.05, 0.1) is 26.7 Å². The number of amides is 1. The fourth-order valence-electron chi connectivity index (χ4n) is 3.68. The van der Waals surface area contributed by atoms with E-state index in [1.165, 1.54) is 16.9 Å². The molecule has 3 aromatic rings. The lowest BCUT2D eigenvalue weighted by Crippen LogP contribution is -2.41. The number of hydrogen-bond acceptors (Lipinski definition) is 4. The molecular weight excluding hydrogens is 430 g/mol. The average molecular weight is 451 g/mol. The Morgan fingerprint density at radius 3 is 2.97 bits per heavy atom. The van der Waals surface area contributed by atoms with E-state index in [4.69, 9.17) is 17.3 Å². The Labute approximate surface area is 181 Å². The largest absolute Gasteiger partial charge is 0.347 e. The minimum atomic E-state index is -3.06. The average Bonchev–Trinajstić information content (AvgIpc) is 3.27. The molecule has 1 aliphatic rings. The molecule has 3 heterocycles. The van der Waals surface area contributed by atoms with Gasteiger partial charge >= 0.3 is 0 Å². The van der Waals surface area contributed by atoms with Crippen LogP contribution in [-0.4, -0.2) is 28.3 Å². The molecule has 0 bridgehead atoms. The summed E-state index contributed by atoms with van der Waals surface area (Å²) in [6.45, 7) is 2.29. The van der Waals surface area contributed by atoms with Crippen LogP contribution in [0.1, 0.15) is 32.1 Å². The quantitative estimate of drug-likeness (QED) is 0.606. The SMILES string of the molecule is Cc1cccc(CC(CN)NC(=O)c2cc3c(s2)C(F)(F)CCn2ncc(Cl)c2-3)c1. The van der Waals surface area contributed by atoms with E-state index in [-0.39, 0.29) is 39.5 Å². The lowest BCUT2D eigenvalue weighted by molar-refractivity contribution is -0.0122. The third-order valence-electron chi connectivity index (χ3n) is 5.16. The van der Waals surface area contributed by atoms with Crippen LogP contribution in [-0.2, 0) is 18.9 Å². The number of carbonyl (C=O) groups excluding carboxylic acids is 1. The summed E-state index contributed by atoms with van der Waals surface area (Å²) in [6, 6.07) is 9.12. The fourth-order valence-corrected chi connectivity index (χ4v) is 4.99. The summed E-state index contributed by atoms with van der Waals surface area (Å²) in [4.78, 5) is 12.9. The van der Waals surface area contributed by atoms with Crippen molar-refractivity contribution in [2.24, 2.45) is 5.73 Å². The lowest BCUT2D eigenvalue weighted by Gasteiger charge is -2.17. The molecule has 1 aromatic carbocycles. The molecule has 1 amide bonds. The number of carbonyl (C=O) groups is 1. The summed E-state index contributed by atoms with van der Waals surface area (Å²) < 4.78 is 30.9. The highest BCUT2D eigenvalue weighted by atomic mass is 35.5. The van der Waals surface area contributed by atoms with Crippen LogP contribution >= 0.6 is 22.9 Å². The van der Waals surface area contributed by atoms with Gasteiger partial charge < -0.3 is 11.1 Å². The predicted molar refractivity (Wildman–Crippen MR) is 114 cm³/mol. The minimum Gasteiger partial charge on any atom is -0.347 e. The maximum atomic E-state index is 14.7. The van der Waals surface area contributed by atoms with Crippen LogP contribution in [0.2, 0.25) is 5.02 Å². The number of alkyl halides is 2. The second kappa shape index (κ2) is 8.09. The molecule has 0 aliphatic carbocycles. The van der Waals surface area contributed by atoms with Gasteiger partial charge in [0.1, 0.15) is 0 Å². The number of benzene rings is 1. The van der Waals surface area contributed by atoms with Crippen molar-refractivity contribution in [3.8, 4) is 11.3 Å². The van der Waals surface area contributed by atoms with Crippen molar-refractivity contribution in [1.82, 2.24) is 15.1 Å². The molecule has 1 aliphatic heterocycles. The predicted octanol–water partition coefficient (Wildman–Crippen LogP) is 4.37. The number of fused-ring (bicyclic) bond motifs is 3. The van der Waals surface area contributed by atoms with Crippen LogP contribution < -0.4 is 11.1 Å². The Balaban J connectivity index is 1.61. The van der Waals surface area contributed by atoms with E-state index >= 15 is 0 Å². The van der Waals surface area contributed by atoms with Gasteiger partial charge in [0.25, 0.3) is 11.8 Å². The number of nitrogens with zero attached hydrogens (tertiary/aromatic N) is 2. The van der Waals surface area contributed by atoms with Gasteiger partial charge in [0.2, 0.25) is 0 Å². The Kier molecular flexibility index (Phi) is 5.65. The Morgan fingerprint density at radius 1 is 1.43 bits per heavy atom. The highest BCUT2D eigenvalue weighted by Crippen LogP contribution is 2.47. The molecule has 0 spiro atoms. The zero-order valence-electron chi connectivity index (χ0n) is 16.3. The fraction of sp³-hybridized carbons (Fsp3) is 0.333. The van der Waals surface area contributed by atoms with E-state index in [1.54, 1.807) is 0 Å². The number of aromatic nitrogens is 2. The first-order chi connectivity index (χ1) is 14.3. The van der Waals surface area contributed by atoms with E-state index in [9.17, 15) is 13.6 Å². The van der Waals surface area contributed by atoms with Crippen molar-refractivity contribution in [3.05, 3.63) is 62.4 Å². The summed E-state index contributed by atoms with van der Waals surface area (Å²) in [5.41, 5.74) is 8.71. The summed E-state index contributed by atoms with van der Waals surface area (Å²) in [6.07, 6.45) is 1.60. The highest BCUT2D eigenvalue weighted by Gasteiger charge is 2.41. The van der Waals surface area contributed by atoms with Crippen LogP contribution in [0.5, 0.6) is 0 Å². The van der Waals surface area contributed by atoms with Gasteiger partial charge in [-0.2, -0.15) is 5.10 Å². The zero-order chi connectivity index (χ0) is 21.5. The number of nitrogens with one attached hydrogen (secondary N) is 1. The van der Waals surface area contributed by atoms with Crippen LogP contribution in [0.4, 0.5) is 8.78 Å². The van der Waals surface area contributed by atoms with Crippen LogP contribution in [0.3, 0.4) is 0 Å². The molecule has 0 saturated heterocycles. The van der Waals surface area contributed by atoms with Gasteiger partial charge in [-0.25, -0.2) is 8.78 Å². The van der Waals surface area contributed by atoms with E-state index in [1.807, 2.05) is 31.2 Å². The van der Waals surface area contributed by atoms with Gasteiger partial charge in [-0.1, -0.05) is 41.4 Å². The molecule has 4 rings (SSSR count). The first kappa shape index (κ1) is 21.0. The lowest BCUT2D eigenvalue weighted by atomic mass is 10.0. The second-order valence-electron chi connectivity index (χ2n) is 7.47. The molecule has 9 heteroatoms. The summed E-state index contributed by atoms with van der Waals surface area (Å²) in [5, 5.41) is 7.26. The Morgan fingerprint density at radius 2 is 2.23 bits per heavy atom. The van der Waals surface area contributed by atoms with Crippen molar-refractivity contribution in [2.75, 3.05) is 6.54 Å². The van der Waals surface area contributed by atoms with Gasteiger partial charge in [0, 0.05) is 31.1 Å². The summed E-state index contributed by atoms with van der Waals surface area (Å²) in [5.74, 6) is -3.48. The van der Waals surface area contributed by atoms with Crippen molar-refractivity contribution < 1.29 is 13.6 Å². The smallest absolute Gasteiger partial charge is 0.284 e. The third-order valence-corrected chi connectivity index (χ3v) is 6.68. The van der Waals surface area contributed by atoms with Crippen molar-refractivity contribution >= 4 is 28.8 Å². The molecular formula is C21H21ClF2N4OS. The standard InChI is InChI=1S/C21H21ClF2N4OS/c1-12-3-2-4-13(7-12)8-14(10-25)27-20(29)17-9-15-18-16(22)11-26-28(18)6-5-21(23,24)19(15)30-17/h2-4,7,9,11,14H,5-6,8,10,25H2,1H3,(H,27,29). The van der Waals surface area contributed by atoms with Crippen LogP contribution in [0.25, 0.3) is 11.3 Å². The van der Waals surface area contributed by atoms with Crippen LogP contribution in [0.15, 0.2) is 36.5 Å². The number of rotatable bonds is 5. The van der Waals surface area contributed by atoms with E-state index in [2.05, 4.69) is 10.4 Å². The van der Waals surface area contributed by atoms with Crippen molar-refractivity contribution in [1.29, 1.82) is 0 Å². The summed E-state index contributed by atoms with van der Waals surface area (Å²) >= 11 is 7.01. The molecule has 30 heavy (non-hydrogen) atoms. The van der Waals surface area contributed by atoms with Gasteiger partial charge in [-0.3, -0.25) is 9.48 Å². The molecule has 0 radical (unpaired) electrons. The number of thiophene rings is 1. The Hall–Kier alpha value is -2.29.